The molecule has 9 heteroatoms. The van der Waals surface area contributed by atoms with E-state index < -0.39 is 35.9 Å². The van der Waals surface area contributed by atoms with Gasteiger partial charge >= 0.3 is 5.97 Å². The highest BCUT2D eigenvalue weighted by Gasteiger charge is 2.27. The summed E-state index contributed by atoms with van der Waals surface area (Å²) in [5, 5.41) is 16.0. The van der Waals surface area contributed by atoms with Gasteiger partial charge in [0, 0.05) is 12.5 Å². The second-order valence-corrected chi connectivity index (χ2v) is 8.54. The van der Waals surface area contributed by atoms with Gasteiger partial charge in [0.25, 0.3) is 0 Å². The molecule has 0 saturated heterocycles. The third-order valence-electron chi connectivity index (χ3n) is 5.92. The van der Waals surface area contributed by atoms with Crippen LogP contribution in [0.2, 0.25) is 0 Å². The Hall–Kier alpha value is -3.43. The number of methoxy groups -OCH3 is 1. The Balaban J connectivity index is 2.03. The first-order valence-electron chi connectivity index (χ1n) is 11.3. The summed E-state index contributed by atoms with van der Waals surface area (Å²) >= 11 is 0. The van der Waals surface area contributed by atoms with Crippen molar-refractivity contribution in [2.45, 2.75) is 50.2 Å². The Kier molecular flexibility index (Phi) is 8.61. The molecule has 34 heavy (non-hydrogen) atoms. The number of amides is 2. The van der Waals surface area contributed by atoms with E-state index in [0.29, 0.717) is 31.4 Å². The Morgan fingerprint density at radius 3 is 2.59 bits per heavy atom. The van der Waals surface area contributed by atoms with Crippen LogP contribution in [-0.2, 0) is 32.0 Å². The molecule has 182 valence electrons. The molecule has 3 atom stereocenters. The molecule has 9 nitrogen and oxygen atoms in total. The highest BCUT2D eigenvalue weighted by Crippen LogP contribution is 2.28. The van der Waals surface area contributed by atoms with Crippen molar-refractivity contribution in [3.05, 3.63) is 53.6 Å². The van der Waals surface area contributed by atoms with Crippen molar-refractivity contribution in [1.29, 1.82) is 0 Å². The van der Waals surface area contributed by atoms with Crippen molar-refractivity contribution >= 4 is 17.8 Å². The van der Waals surface area contributed by atoms with Crippen LogP contribution in [0.15, 0.2) is 42.5 Å². The molecule has 0 unspecified atom stereocenters. The van der Waals surface area contributed by atoms with Crippen LogP contribution in [0, 0.1) is 0 Å². The smallest absolute Gasteiger partial charge is 0.307 e. The Labute approximate surface area is 198 Å². The SMILES string of the molecule is COC(=O)C[C@@H]1Cc2cccc(c2)-c2ccc(O)c(c2)C[C@H](N)C(=O)N[C@@H](CCCN)C(=O)N1. The molecule has 2 aromatic rings. The van der Waals surface area contributed by atoms with Crippen molar-refractivity contribution in [1.82, 2.24) is 10.6 Å². The van der Waals surface area contributed by atoms with Crippen molar-refractivity contribution in [2.24, 2.45) is 11.5 Å². The quantitative estimate of drug-likeness (QED) is 0.405. The number of nitrogens with two attached hydrogens (primary N) is 2. The van der Waals surface area contributed by atoms with E-state index >= 15 is 0 Å². The normalized spacial score (nSPS) is 21.0. The number of fused-ring (bicyclic) bond motifs is 5. The molecule has 1 aliphatic heterocycles. The second-order valence-electron chi connectivity index (χ2n) is 8.54. The van der Waals surface area contributed by atoms with Crippen molar-refractivity contribution in [3.8, 4) is 16.9 Å². The zero-order chi connectivity index (χ0) is 24.7. The maximum atomic E-state index is 13.1. The van der Waals surface area contributed by atoms with Crippen LogP contribution in [0.5, 0.6) is 5.75 Å². The lowest BCUT2D eigenvalue weighted by Gasteiger charge is -2.24. The molecule has 2 amide bonds. The highest BCUT2D eigenvalue weighted by molar-refractivity contribution is 5.90. The number of hydrogen-bond acceptors (Lipinski definition) is 7. The molecule has 0 saturated carbocycles. The Morgan fingerprint density at radius 2 is 1.85 bits per heavy atom. The summed E-state index contributed by atoms with van der Waals surface area (Å²) in [6, 6.07) is 10.5. The summed E-state index contributed by atoms with van der Waals surface area (Å²) in [4.78, 5) is 38.0. The number of aromatic hydroxyl groups is 1. The molecule has 0 radical (unpaired) electrons. The molecule has 1 heterocycles. The van der Waals surface area contributed by atoms with Gasteiger partial charge in [-0.3, -0.25) is 14.4 Å². The summed E-state index contributed by atoms with van der Waals surface area (Å²) in [6.45, 7) is 0.352. The number of carbonyl (C=O) groups excluding carboxylic acids is 3. The minimum atomic E-state index is -0.975. The van der Waals surface area contributed by atoms with E-state index in [9.17, 15) is 19.5 Å². The van der Waals surface area contributed by atoms with Gasteiger partial charge in [-0.05, 0) is 60.2 Å². The predicted octanol–water partition coefficient (Wildman–Crippen LogP) is 0.757. The zero-order valence-corrected chi connectivity index (χ0v) is 19.3. The monoisotopic (exact) mass is 468 g/mol. The zero-order valence-electron chi connectivity index (χ0n) is 19.3. The fraction of sp³-hybridized carbons (Fsp3) is 0.400. The van der Waals surface area contributed by atoms with Gasteiger partial charge in [-0.25, -0.2) is 0 Å². The molecular formula is C25H32N4O5. The number of rotatable bonds is 5. The number of benzene rings is 2. The van der Waals surface area contributed by atoms with E-state index in [1.54, 1.807) is 12.1 Å². The van der Waals surface area contributed by atoms with E-state index in [1.165, 1.54) is 7.11 Å². The lowest BCUT2D eigenvalue weighted by molar-refractivity contribution is -0.141. The topological polar surface area (TPSA) is 157 Å². The molecule has 4 bridgehead atoms. The standard InChI is InChI=1S/C25H32N4O5/c1-34-23(31)14-19-11-15-4-2-5-16(10-15)17-7-8-22(30)18(12-17)13-20(27)24(32)29-21(6-3-9-26)25(33)28-19/h2,4-5,7-8,10,12,19-21,30H,3,6,9,11,13-14,26-27H2,1H3,(H,28,33)(H,29,32)/t19-,20-,21-/m0/s1. The maximum Gasteiger partial charge on any atom is 0.307 e. The van der Waals surface area contributed by atoms with E-state index in [1.807, 2.05) is 30.3 Å². The summed E-state index contributed by atoms with van der Waals surface area (Å²) in [7, 11) is 1.30. The van der Waals surface area contributed by atoms with Gasteiger partial charge < -0.3 is 31.9 Å². The molecule has 3 rings (SSSR count). The lowest BCUT2D eigenvalue weighted by atomic mass is 9.95. The third kappa shape index (κ3) is 6.55. The summed E-state index contributed by atoms with van der Waals surface area (Å²) in [5.41, 5.74) is 15.0. The van der Waals surface area contributed by atoms with Crippen LogP contribution < -0.4 is 22.1 Å². The number of phenols is 1. The van der Waals surface area contributed by atoms with Gasteiger partial charge in [0.1, 0.15) is 11.8 Å². The largest absolute Gasteiger partial charge is 0.508 e. The minimum Gasteiger partial charge on any atom is -0.508 e. The summed E-state index contributed by atoms with van der Waals surface area (Å²) in [5.74, 6) is -1.34. The van der Waals surface area contributed by atoms with Crippen LogP contribution in [-0.4, -0.2) is 54.7 Å². The lowest BCUT2D eigenvalue weighted by Crippen LogP contribution is -2.54. The average molecular weight is 469 g/mol. The Morgan fingerprint density at radius 1 is 1.09 bits per heavy atom. The van der Waals surface area contributed by atoms with E-state index in [4.69, 9.17) is 16.2 Å². The number of phenolic OH excluding ortho intramolecular Hbond substituents is 1. The first kappa shape index (κ1) is 25.2. The number of nitrogens with one attached hydrogen (secondary N) is 2. The molecular weight excluding hydrogens is 436 g/mol. The average Bonchev–Trinajstić information content (AvgIpc) is 2.82. The second kappa shape index (κ2) is 11.6. The molecule has 0 aromatic heterocycles. The number of hydrogen-bond donors (Lipinski definition) is 5. The fourth-order valence-electron chi connectivity index (χ4n) is 4.05. The third-order valence-corrected chi connectivity index (χ3v) is 5.92. The Bertz CT molecular complexity index is 1040. The maximum absolute atomic E-state index is 13.1. The fourth-order valence-corrected chi connectivity index (χ4v) is 4.05. The van der Waals surface area contributed by atoms with Crippen LogP contribution >= 0.6 is 0 Å². The van der Waals surface area contributed by atoms with Gasteiger partial charge in [-0.2, -0.15) is 0 Å². The van der Waals surface area contributed by atoms with Gasteiger partial charge in [0.15, 0.2) is 0 Å². The molecule has 1 aliphatic rings. The number of esters is 1. The molecule has 2 aromatic carbocycles. The summed E-state index contributed by atoms with van der Waals surface area (Å²) < 4.78 is 4.82. The van der Waals surface area contributed by atoms with Crippen LogP contribution in [0.3, 0.4) is 0 Å². The van der Waals surface area contributed by atoms with Gasteiger partial charge in [-0.1, -0.05) is 30.3 Å². The van der Waals surface area contributed by atoms with Crippen molar-refractivity contribution in [3.63, 3.8) is 0 Å². The number of carbonyl (C=O) groups is 3. The summed E-state index contributed by atoms with van der Waals surface area (Å²) in [6.07, 6.45) is 1.30. The molecule has 0 spiro atoms. The van der Waals surface area contributed by atoms with E-state index in [2.05, 4.69) is 10.6 Å². The van der Waals surface area contributed by atoms with Crippen LogP contribution in [0.4, 0.5) is 0 Å². The first-order valence-corrected chi connectivity index (χ1v) is 11.3. The molecule has 0 fully saturated rings. The van der Waals surface area contributed by atoms with Gasteiger partial charge in [0.05, 0.1) is 19.6 Å². The first-order chi connectivity index (χ1) is 16.3. The highest BCUT2D eigenvalue weighted by atomic mass is 16.5. The predicted molar refractivity (Wildman–Crippen MR) is 128 cm³/mol. The number of ether oxygens (including phenoxy) is 1. The van der Waals surface area contributed by atoms with E-state index in [-0.39, 0.29) is 18.6 Å². The van der Waals surface area contributed by atoms with Gasteiger partial charge in [-0.15, -0.1) is 0 Å². The van der Waals surface area contributed by atoms with Crippen LogP contribution in [0.1, 0.15) is 30.4 Å². The van der Waals surface area contributed by atoms with Crippen molar-refractivity contribution in [2.75, 3.05) is 13.7 Å². The molecule has 0 aliphatic carbocycles. The van der Waals surface area contributed by atoms with Crippen LogP contribution in [0.25, 0.3) is 11.1 Å². The van der Waals surface area contributed by atoms with Crippen molar-refractivity contribution < 1.29 is 24.2 Å². The van der Waals surface area contributed by atoms with Gasteiger partial charge in [0.2, 0.25) is 11.8 Å². The van der Waals surface area contributed by atoms with E-state index in [0.717, 1.165) is 16.7 Å². The molecule has 7 N–H and O–H groups in total. The minimum absolute atomic E-state index is 0.0209.